The number of aryl methyl sites for hydroxylation is 8. The van der Waals surface area contributed by atoms with E-state index in [1.165, 1.54) is 52.6 Å². The fourth-order valence-corrected chi connectivity index (χ4v) is 6.64. The lowest BCUT2D eigenvalue weighted by atomic mass is 9.81. The summed E-state index contributed by atoms with van der Waals surface area (Å²) in [6.45, 7) is 22.9. The summed E-state index contributed by atoms with van der Waals surface area (Å²) in [6, 6.07) is 51.4. The summed E-state index contributed by atoms with van der Waals surface area (Å²) in [5.41, 5.74) is 61.3. The number of hydrogen-bond acceptors (Lipinski definition) is 8. The van der Waals surface area contributed by atoms with Crippen LogP contribution in [0, 0.1) is 74.1 Å². The van der Waals surface area contributed by atoms with Crippen LogP contribution in [0.4, 0.5) is 39.8 Å². The van der Waals surface area contributed by atoms with Crippen LogP contribution in [0.2, 0.25) is 0 Å². The third-order valence-electron chi connectivity index (χ3n) is 10.8. The van der Waals surface area contributed by atoms with Crippen LogP contribution in [0.25, 0.3) is 0 Å². The van der Waals surface area contributed by atoms with Gasteiger partial charge in [-0.15, -0.1) is 0 Å². The van der Waals surface area contributed by atoms with Crippen molar-refractivity contribution in [1.82, 2.24) is 0 Å². The molecule has 16 N–H and O–H groups in total. The Labute approximate surface area is 405 Å². The Hall–Kier alpha value is -6.90. The van der Waals surface area contributed by atoms with Crippen molar-refractivity contribution >= 4 is 39.8 Å². The lowest BCUT2D eigenvalue weighted by Gasteiger charge is -2.28. The summed E-state index contributed by atoms with van der Waals surface area (Å²) in [5, 5.41) is 0. The maximum absolute atomic E-state index is 5.82. The standard InChI is InChI=1S/C8H17N.3C8H11N.3C7H9N.C6H7N/c1-6-3-7(2)5-8(9)4-6;1-6-3-4-8(9)7(2)5-6;1-6-3-4-7(2)8(9)5-6;1-6-4-3-5-8(9)7(6)2;1-6-2-4-7(8)5-3-6;1-6-3-2-4-7(8)5-6;1-6-4-2-3-5-7(6)8;7-6-4-2-1-3-5-6/h6-8H,3-5,9H2,1-2H3;3*3-5H,9H2,1-2H3;3*2-5H,8H2,1H3;1-5H,7H2. The Balaban J connectivity index is 0.000000383. The third-order valence-corrected chi connectivity index (χ3v) is 10.8. The summed E-state index contributed by atoms with van der Waals surface area (Å²) in [4.78, 5) is 0. The molecule has 1 aliphatic rings. The SMILES string of the molecule is CC1CC(C)CC(N)C1.Cc1ccc(C)c(N)c1.Cc1ccc(N)c(C)c1.Cc1ccc(N)cc1.Cc1cccc(N)c1.Cc1cccc(N)c1C.Cc1ccccc1N.Nc1ccccc1. The van der Waals surface area contributed by atoms with Gasteiger partial charge in [0.2, 0.25) is 0 Å². The molecule has 0 bridgehead atoms. The van der Waals surface area contributed by atoms with Crippen LogP contribution in [0.5, 0.6) is 0 Å². The Morgan fingerprint density at radius 2 is 0.746 bits per heavy atom. The van der Waals surface area contributed by atoms with E-state index in [2.05, 4.69) is 45.9 Å². The molecule has 2 atom stereocenters. The van der Waals surface area contributed by atoms with Crippen molar-refractivity contribution in [3.8, 4) is 0 Å². The van der Waals surface area contributed by atoms with Crippen LogP contribution < -0.4 is 45.9 Å². The maximum atomic E-state index is 5.82. The molecule has 2 unspecified atom stereocenters. The normalized spacial score (nSPS) is 14.1. The molecule has 0 aromatic heterocycles. The molecule has 0 amide bonds. The van der Waals surface area contributed by atoms with Gasteiger partial charge in [0, 0.05) is 45.9 Å². The van der Waals surface area contributed by atoms with E-state index in [1.807, 2.05) is 188 Å². The van der Waals surface area contributed by atoms with Crippen molar-refractivity contribution in [2.75, 3.05) is 40.1 Å². The van der Waals surface area contributed by atoms with Crippen LogP contribution in [0.1, 0.15) is 83.2 Å². The molecule has 67 heavy (non-hydrogen) atoms. The molecule has 360 valence electrons. The van der Waals surface area contributed by atoms with Crippen molar-refractivity contribution in [3.63, 3.8) is 0 Å². The average molecular weight is 905 g/mol. The molecule has 0 spiro atoms. The van der Waals surface area contributed by atoms with E-state index in [1.54, 1.807) is 0 Å². The molecule has 0 radical (unpaired) electrons. The fraction of sp³-hybridized carbons (Fsp3) is 0.288. The monoisotopic (exact) mass is 905 g/mol. The van der Waals surface area contributed by atoms with Gasteiger partial charge in [0.05, 0.1) is 0 Å². The van der Waals surface area contributed by atoms with Gasteiger partial charge in [-0.05, 0) is 193 Å². The Morgan fingerprint density at radius 3 is 1.13 bits per heavy atom. The summed E-state index contributed by atoms with van der Waals surface area (Å²) >= 11 is 0. The van der Waals surface area contributed by atoms with Gasteiger partial charge in [-0.2, -0.15) is 0 Å². The maximum Gasteiger partial charge on any atom is 0.0346 e. The first-order valence-corrected chi connectivity index (χ1v) is 23.1. The van der Waals surface area contributed by atoms with Gasteiger partial charge >= 0.3 is 0 Å². The third kappa shape index (κ3) is 27.2. The highest BCUT2D eigenvalue weighted by molar-refractivity contribution is 5.50. The van der Waals surface area contributed by atoms with Gasteiger partial charge in [0.25, 0.3) is 0 Å². The highest BCUT2D eigenvalue weighted by atomic mass is 14.6. The number of anilines is 7. The lowest BCUT2D eigenvalue weighted by molar-refractivity contribution is 0.269. The Morgan fingerprint density at radius 1 is 0.313 bits per heavy atom. The smallest absolute Gasteiger partial charge is 0.0346 e. The summed E-state index contributed by atoms with van der Waals surface area (Å²) in [5.74, 6) is 1.73. The summed E-state index contributed by atoms with van der Waals surface area (Å²) in [7, 11) is 0. The van der Waals surface area contributed by atoms with Gasteiger partial charge in [0.15, 0.2) is 0 Å². The topological polar surface area (TPSA) is 208 Å². The Bertz CT molecular complexity index is 2260. The van der Waals surface area contributed by atoms with Crippen LogP contribution in [-0.4, -0.2) is 6.04 Å². The quantitative estimate of drug-likeness (QED) is 0.0685. The minimum absolute atomic E-state index is 0.490. The van der Waals surface area contributed by atoms with Crippen molar-refractivity contribution in [2.24, 2.45) is 17.6 Å². The molecule has 8 rings (SSSR count). The second-order valence-electron chi connectivity index (χ2n) is 17.8. The molecule has 0 saturated heterocycles. The minimum atomic E-state index is 0.490. The van der Waals surface area contributed by atoms with E-state index >= 15 is 0 Å². The van der Waals surface area contributed by atoms with Gasteiger partial charge < -0.3 is 45.9 Å². The molecule has 0 aliphatic heterocycles. The molecule has 8 nitrogen and oxygen atoms in total. The van der Waals surface area contributed by atoms with Crippen LogP contribution in [0.15, 0.2) is 158 Å². The van der Waals surface area contributed by atoms with E-state index in [-0.39, 0.29) is 0 Å². The molecule has 7 aromatic carbocycles. The predicted octanol–water partition coefficient (Wildman–Crippen LogP) is 13.4. The zero-order chi connectivity index (χ0) is 50.5. The summed E-state index contributed by atoms with van der Waals surface area (Å²) < 4.78 is 0. The lowest BCUT2D eigenvalue weighted by Crippen LogP contribution is -2.30. The second kappa shape index (κ2) is 31.9. The number of rotatable bonds is 0. The molecular weight excluding hydrogens is 821 g/mol. The highest BCUT2D eigenvalue weighted by Crippen LogP contribution is 2.27. The minimum Gasteiger partial charge on any atom is -0.399 e. The molecule has 0 heterocycles. The van der Waals surface area contributed by atoms with Gasteiger partial charge in [-0.3, -0.25) is 0 Å². The average Bonchev–Trinajstić information content (AvgIpc) is 3.26. The van der Waals surface area contributed by atoms with Crippen LogP contribution >= 0.6 is 0 Å². The van der Waals surface area contributed by atoms with Crippen molar-refractivity contribution < 1.29 is 0 Å². The van der Waals surface area contributed by atoms with E-state index in [0.717, 1.165) is 68.3 Å². The van der Waals surface area contributed by atoms with Gasteiger partial charge in [-0.25, -0.2) is 0 Å². The first-order valence-electron chi connectivity index (χ1n) is 23.1. The van der Waals surface area contributed by atoms with Crippen molar-refractivity contribution in [3.05, 3.63) is 208 Å². The second-order valence-corrected chi connectivity index (χ2v) is 17.8. The van der Waals surface area contributed by atoms with E-state index in [0.29, 0.717) is 6.04 Å². The molecular formula is C59H84N8. The first kappa shape index (κ1) is 58.1. The molecule has 1 aliphatic carbocycles. The first-order chi connectivity index (χ1) is 31.6. The summed E-state index contributed by atoms with van der Waals surface area (Å²) in [6.07, 6.45) is 3.86. The Kier molecular flexibility index (Phi) is 27.7. The molecule has 1 saturated carbocycles. The van der Waals surface area contributed by atoms with E-state index in [4.69, 9.17) is 45.9 Å². The number of hydrogen-bond donors (Lipinski definition) is 8. The van der Waals surface area contributed by atoms with Crippen LogP contribution in [0.3, 0.4) is 0 Å². The largest absolute Gasteiger partial charge is 0.399 e. The zero-order valence-corrected chi connectivity index (χ0v) is 42.5. The predicted molar refractivity (Wildman–Crippen MR) is 299 cm³/mol. The number of benzene rings is 7. The zero-order valence-electron chi connectivity index (χ0n) is 42.5. The van der Waals surface area contributed by atoms with E-state index < -0.39 is 0 Å². The van der Waals surface area contributed by atoms with Crippen LogP contribution in [-0.2, 0) is 0 Å². The van der Waals surface area contributed by atoms with Gasteiger partial charge in [0.1, 0.15) is 0 Å². The molecule has 7 aromatic rings. The fourth-order valence-electron chi connectivity index (χ4n) is 6.64. The molecule has 8 heteroatoms. The molecule has 1 fully saturated rings. The highest BCUT2D eigenvalue weighted by Gasteiger charge is 2.20. The number of nitrogen functional groups attached to an aromatic ring is 7. The van der Waals surface area contributed by atoms with E-state index in [9.17, 15) is 0 Å². The number of nitrogens with two attached hydrogens (primary N) is 8. The van der Waals surface area contributed by atoms with Crippen molar-refractivity contribution in [2.45, 2.75) is 101 Å². The van der Waals surface area contributed by atoms with Gasteiger partial charge in [-0.1, -0.05) is 122 Å². The van der Waals surface area contributed by atoms with Crippen molar-refractivity contribution in [1.29, 1.82) is 0 Å². The number of para-hydroxylation sites is 2.